The van der Waals surface area contributed by atoms with Gasteiger partial charge in [-0.15, -0.1) is 0 Å². The van der Waals surface area contributed by atoms with Gasteiger partial charge >= 0.3 is 0 Å². The molecule has 0 saturated carbocycles. The van der Waals surface area contributed by atoms with E-state index in [1.54, 1.807) is 11.7 Å². The predicted molar refractivity (Wildman–Crippen MR) is 48.8 cm³/mol. The van der Waals surface area contributed by atoms with Crippen molar-refractivity contribution in [3.05, 3.63) is 16.4 Å². The Morgan fingerprint density at radius 3 is 2.45 bits per heavy atom. The Labute approximate surface area is 75.1 Å². The van der Waals surface area contributed by atoms with Gasteiger partial charge in [0.25, 0.3) is 0 Å². The van der Waals surface area contributed by atoms with Crippen molar-refractivity contribution in [1.29, 1.82) is 0 Å². The molecule has 0 aliphatic rings. The van der Waals surface area contributed by atoms with E-state index >= 15 is 0 Å². The van der Waals surface area contributed by atoms with Crippen molar-refractivity contribution in [2.24, 2.45) is 12.8 Å². The molecule has 0 aliphatic heterocycles. The standard InChI is InChI=1S/C6H8ClN3S/c1-3-4(6(8)11)5(7)10(2)9-3/h1-2H3,(H2,8,11). The monoisotopic (exact) mass is 189 g/mol. The molecular weight excluding hydrogens is 182 g/mol. The normalized spacial score (nSPS) is 10.1. The van der Waals surface area contributed by atoms with Crippen LogP contribution < -0.4 is 5.73 Å². The molecule has 5 heteroatoms. The number of halogens is 1. The number of nitrogens with two attached hydrogens (primary N) is 1. The first-order chi connectivity index (χ1) is 5.04. The van der Waals surface area contributed by atoms with Gasteiger partial charge in [-0.2, -0.15) is 5.10 Å². The van der Waals surface area contributed by atoms with Gasteiger partial charge < -0.3 is 5.73 Å². The van der Waals surface area contributed by atoms with Crippen LogP contribution in [-0.2, 0) is 7.05 Å². The van der Waals surface area contributed by atoms with Gasteiger partial charge in [0.2, 0.25) is 0 Å². The van der Waals surface area contributed by atoms with Crippen LogP contribution in [0.15, 0.2) is 0 Å². The van der Waals surface area contributed by atoms with Gasteiger partial charge in [-0.3, -0.25) is 4.68 Å². The Morgan fingerprint density at radius 2 is 2.27 bits per heavy atom. The minimum Gasteiger partial charge on any atom is -0.389 e. The maximum Gasteiger partial charge on any atom is 0.137 e. The van der Waals surface area contributed by atoms with E-state index in [1.165, 1.54) is 0 Å². The largest absolute Gasteiger partial charge is 0.389 e. The SMILES string of the molecule is Cc1nn(C)c(Cl)c1C(N)=S. The summed E-state index contributed by atoms with van der Waals surface area (Å²) in [6, 6.07) is 0. The lowest BCUT2D eigenvalue weighted by molar-refractivity contribution is 0.757. The minimum atomic E-state index is 0.292. The zero-order valence-electron chi connectivity index (χ0n) is 6.26. The van der Waals surface area contributed by atoms with Crippen molar-refractivity contribution in [1.82, 2.24) is 9.78 Å². The van der Waals surface area contributed by atoms with Gasteiger partial charge in [0, 0.05) is 7.05 Å². The summed E-state index contributed by atoms with van der Waals surface area (Å²) in [6.45, 7) is 1.82. The van der Waals surface area contributed by atoms with E-state index in [1.807, 2.05) is 6.92 Å². The summed E-state index contributed by atoms with van der Waals surface area (Å²) < 4.78 is 1.55. The molecule has 0 radical (unpaired) electrons. The molecule has 1 aromatic heterocycles. The molecule has 0 saturated heterocycles. The van der Waals surface area contributed by atoms with E-state index in [0.29, 0.717) is 15.7 Å². The fraction of sp³-hybridized carbons (Fsp3) is 0.333. The Balaban J connectivity index is 3.34. The van der Waals surface area contributed by atoms with Crippen LogP contribution in [-0.4, -0.2) is 14.8 Å². The van der Waals surface area contributed by atoms with Crippen molar-refractivity contribution >= 4 is 28.8 Å². The quantitative estimate of drug-likeness (QED) is 0.671. The molecule has 1 heterocycles. The second-order valence-electron chi connectivity index (χ2n) is 2.24. The molecular formula is C6H8ClN3S. The smallest absolute Gasteiger partial charge is 0.137 e. The van der Waals surface area contributed by atoms with Gasteiger partial charge in [-0.1, -0.05) is 23.8 Å². The zero-order valence-corrected chi connectivity index (χ0v) is 7.83. The van der Waals surface area contributed by atoms with E-state index in [9.17, 15) is 0 Å². The maximum atomic E-state index is 5.84. The number of rotatable bonds is 1. The lowest BCUT2D eigenvalue weighted by atomic mass is 10.3. The third-order valence-electron chi connectivity index (χ3n) is 1.40. The molecule has 1 aromatic rings. The van der Waals surface area contributed by atoms with Crippen molar-refractivity contribution in [2.45, 2.75) is 6.92 Å². The molecule has 0 unspecified atom stereocenters. The highest BCUT2D eigenvalue weighted by Crippen LogP contribution is 2.17. The Hall–Kier alpha value is -0.610. The van der Waals surface area contributed by atoms with Gasteiger partial charge in [-0.05, 0) is 6.92 Å². The molecule has 60 valence electrons. The van der Waals surface area contributed by atoms with Gasteiger partial charge in [0.1, 0.15) is 10.1 Å². The molecule has 2 N–H and O–H groups in total. The summed E-state index contributed by atoms with van der Waals surface area (Å²) in [7, 11) is 1.75. The molecule has 1 rings (SSSR count). The predicted octanol–water partition coefficient (Wildman–Crippen LogP) is 1.02. The Morgan fingerprint density at radius 1 is 1.73 bits per heavy atom. The van der Waals surface area contributed by atoms with Crippen molar-refractivity contribution in [3.8, 4) is 0 Å². The fourth-order valence-corrected chi connectivity index (χ4v) is 1.49. The maximum absolute atomic E-state index is 5.84. The molecule has 0 atom stereocenters. The first-order valence-electron chi connectivity index (χ1n) is 3.03. The third-order valence-corrected chi connectivity index (χ3v) is 2.04. The summed E-state index contributed by atoms with van der Waals surface area (Å²) in [5.74, 6) is 0. The summed E-state index contributed by atoms with van der Waals surface area (Å²) in [5, 5.41) is 4.54. The zero-order chi connectivity index (χ0) is 8.59. The van der Waals surface area contributed by atoms with Crippen LogP contribution in [0.2, 0.25) is 5.15 Å². The topological polar surface area (TPSA) is 43.8 Å². The van der Waals surface area contributed by atoms with E-state index in [2.05, 4.69) is 5.10 Å². The highest BCUT2D eigenvalue weighted by atomic mass is 35.5. The second-order valence-corrected chi connectivity index (χ2v) is 3.04. The van der Waals surface area contributed by atoms with Crippen molar-refractivity contribution < 1.29 is 0 Å². The van der Waals surface area contributed by atoms with Crippen LogP contribution in [0.4, 0.5) is 0 Å². The number of hydrogen-bond donors (Lipinski definition) is 1. The number of aryl methyl sites for hydroxylation is 2. The van der Waals surface area contributed by atoms with Gasteiger partial charge in [0.05, 0.1) is 11.3 Å². The van der Waals surface area contributed by atoms with Crippen LogP contribution in [0.5, 0.6) is 0 Å². The van der Waals surface area contributed by atoms with E-state index in [-0.39, 0.29) is 0 Å². The molecule has 0 amide bonds. The first kappa shape index (κ1) is 8.49. The fourth-order valence-electron chi connectivity index (χ4n) is 0.910. The summed E-state index contributed by atoms with van der Waals surface area (Å²) in [6.07, 6.45) is 0. The minimum absolute atomic E-state index is 0.292. The number of aromatic nitrogens is 2. The van der Waals surface area contributed by atoms with Gasteiger partial charge in [-0.25, -0.2) is 0 Å². The van der Waals surface area contributed by atoms with E-state index < -0.39 is 0 Å². The lowest BCUT2D eigenvalue weighted by Gasteiger charge is -1.94. The Kier molecular flexibility index (Phi) is 2.15. The Bertz CT molecular complexity index is 305. The van der Waals surface area contributed by atoms with E-state index in [4.69, 9.17) is 29.6 Å². The number of nitrogens with zero attached hydrogens (tertiary/aromatic N) is 2. The first-order valence-corrected chi connectivity index (χ1v) is 3.81. The molecule has 0 aromatic carbocycles. The van der Waals surface area contributed by atoms with Crippen LogP contribution in [0.1, 0.15) is 11.3 Å². The van der Waals surface area contributed by atoms with Crippen LogP contribution >= 0.6 is 23.8 Å². The van der Waals surface area contributed by atoms with Crippen LogP contribution in [0, 0.1) is 6.92 Å². The number of hydrogen-bond acceptors (Lipinski definition) is 2. The summed E-state index contributed by atoms with van der Waals surface area (Å²) in [4.78, 5) is 0.292. The average Bonchev–Trinajstić information content (AvgIpc) is 2.07. The van der Waals surface area contributed by atoms with E-state index in [0.717, 1.165) is 5.69 Å². The molecule has 0 fully saturated rings. The average molecular weight is 190 g/mol. The molecule has 0 bridgehead atoms. The van der Waals surface area contributed by atoms with Crippen molar-refractivity contribution in [2.75, 3.05) is 0 Å². The summed E-state index contributed by atoms with van der Waals surface area (Å²) >= 11 is 10.6. The molecule has 3 nitrogen and oxygen atoms in total. The third kappa shape index (κ3) is 1.36. The highest BCUT2D eigenvalue weighted by Gasteiger charge is 2.12. The van der Waals surface area contributed by atoms with Gasteiger partial charge in [0.15, 0.2) is 0 Å². The summed E-state index contributed by atoms with van der Waals surface area (Å²) in [5.41, 5.74) is 6.86. The molecule has 0 aliphatic carbocycles. The van der Waals surface area contributed by atoms with Crippen LogP contribution in [0.25, 0.3) is 0 Å². The molecule has 0 spiro atoms. The van der Waals surface area contributed by atoms with Crippen molar-refractivity contribution in [3.63, 3.8) is 0 Å². The second kappa shape index (κ2) is 2.79. The van der Waals surface area contributed by atoms with Crippen LogP contribution in [0.3, 0.4) is 0 Å². The number of thiocarbonyl (C=S) groups is 1. The molecule has 11 heavy (non-hydrogen) atoms. The lowest BCUT2D eigenvalue weighted by Crippen LogP contribution is -2.10. The highest BCUT2D eigenvalue weighted by molar-refractivity contribution is 7.80.